The van der Waals surface area contributed by atoms with Gasteiger partial charge in [0.15, 0.2) is 0 Å². The molecule has 7 nitrogen and oxygen atoms in total. The Morgan fingerprint density at radius 2 is 1.92 bits per heavy atom. The number of benzene rings is 1. The van der Waals surface area contributed by atoms with Crippen LogP contribution in [0.15, 0.2) is 48.8 Å². The zero-order valence-corrected chi connectivity index (χ0v) is 13.2. The monoisotopic (exact) mass is 327 g/mol. The van der Waals surface area contributed by atoms with Gasteiger partial charge in [-0.15, -0.1) is 10.2 Å². The lowest BCUT2D eigenvalue weighted by molar-refractivity contribution is 0.537. The van der Waals surface area contributed by atoms with Crippen LogP contribution in [0, 0.1) is 11.3 Å². The van der Waals surface area contributed by atoms with Crippen LogP contribution < -0.4 is 0 Å². The van der Waals surface area contributed by atoms with Crippen molar-refractivity contribution < 1.29 is 0 Å². The zero-order valence-electron chi connectivity index (χ0n) is 13.2. The van der Waals surface area contributed by atoms with Crippen molar-refractivity contribution in [3.05, 3.63) is 54.4 Å². The van der Waals surface area contributed by atoms with Crippen molar-refractivity contribution in [1.29, 1.82) is 5.26 Å². The maximum atomic E-state index is 8.92. The number of nitrogens with zero attached hydrogens (tertiary/aromatic N) is 7. The van der Waals surface area contributed by atoms with Crippen molar-refractivity contribution in [3.8, 4) is 28.7 Å². The smallest absolute Gasteiger partial charge is 0.205 e. The zero-order chi connectivity index (χ0) is 16.8. The van der Waals surface area contributed by atoms with Crippen LogP contribution in [0.25, 0.3) is 28.3 Å². The lowest BCUT2D eigenvalue weighted by Gasteiger charge is -2.03. The van der Waals surface area contributed by atoms with Crippen LogP contribution in [0.4, 0.5) is 0 Å². The number of pyridine rings is 1. The van der Waals surface area contributed by atoms with E-state index >= 15 is 0 Å². The number of hydrogen-bond donors (Lipinski definition) is 0. The van der Waals surface area contributed by atoms with Crippen molar-refractivity contribution in [2.45, 2.75) is 18.9 Å². The van der Waals surface area contributed by atoms with E-state index in [9.17, 15) is 0 Å². The predicted molar refractivity (Wildman–Crippen MR) is 90.4 cm³/mol. The largest absolute Gasteiger partial charge is 0.300 e. The normalized spacial score (nSPS) is 13.9. The van der Waals surface area contributed by atoms with Crippen LogP contribution in [-0.4, -0.2) is 29.6 Å². The second kappa shape index (κ2) is 5.24. The number of imidazole rings is 1. The minimum atomic E-state index is 0.416. The van der Waals surface area contributed by atoms with E-state index in [0.717, 1.165) is 35.3 Å². The third-order valence-corrected chi connectivity index (χ3v) is 4.38. The highest BCUT2D eigenvalue weighted by Gasteiger charge is 2.26. The Balaban J connectivity index is 1.53. The van der Waals surface area contributed by atoms with E-state index in [0.29, 0.717) is 17.4 Å². The Morgan fingerprint density at radius 1 is 1.08 bits per heavy atom. The molecule has 0 spiro atoms. The van der Waals surface area contributed by atoms with Crippen molar-refractivity contribution in [2.24, 2.45) is 0 Å². The first-order chi connectivity index (χ1) is 12.3. The van der Waals surface area contributed by atoms with Gasteiger partial charge in [0.05, 0.1) is 29.6 Å². The molecule has 0 radical (unpaired) electrons. The van der Waals surface area contributed by atoms with Gasteiger partial charge in [-0.3, -0.25) is 4.40 Å². The molecule has 3 aromatic heterocycles. The Labute approximate surface area is 143 Å². The minimum Gasteiger partial charge on any atom is -0.300 e. The van der Waals surface area contributed by atoms with Gasteiger partial charge in [-0.25, -0.2) is 4.98 Å². The summed E-state index contributed by atoms with van der Waals surface area (Å²) in [5, 5.41) is 21.7. The first kappa shape index (κ1) is 13.9. The molecule has 120 valence electrons. The first-order valence-electron chi connectivity index (χ1n) is 8.09. The van der Waals surface area contributed by atoms with Gasteiger partial charge in [-0.1, -0.05) is 12.1 Å². The molecule has 0 N–H and O–H groups in total. The number of fused-ring (bicyclic) bond motifs is 1. The maximum Gasteiger partial charge on any atom is 0.205 e. The molecular formula is C18H13N7. The Morgan fingerprint density at radius 3 is 2.68 bits per heavy atom. The molecule has 4 aromatic rings. The molecule has 0 amide bonds. The fraction of sp³-hybridized carbons (Fsp3) is 0.167. The fourth-order valence-electron chi connectivity index (χ4n) is 2.85. The SMILES string of the molecule is N#Cc1ccc(-c2cnc3cc(-c4nnn(C5CC5)n4)ccn23)cc1. The highest BCUT2D eigenvalue weighted by Crippen LogP contribution is 2.33. The summed E-state index contributed by atoms with van der Waals surface area (Å²) in [5.41, 5.74) is 4.35. The summed E-state index contributed by atoms with van der Waals surface area (Å²) in [5.74, 6) is 0.623. The predicted octanol–water partition coefficient (Wildman–Crippen LogP) is 2.86. The lowest BCUT2D eigenvalue weighted by Crippen LogP contribution is -1.98. The summed E-state index contributed by atoms with van der Waals surface area (Å²) in [6, 6.07) is 14.0. The summed E-state index contributed by atoms with van der Waals surface area (Å²) < 4.78 is 2.01. The highest BCUT2D eigenvalue weighted by molar-refractivity contribution is 5.68. The first-order valence-corrected chi connectivity index (χ1v) is 8.09. The van der Waals surface area contributed by atoms with Gasteiger partial charge in [0.25, 0.3) is 0 Å². The van der Waals surface area contributed by atoms with Gasteiger partial charge < -0.3 is 0 Å². The van der Waals surface area contributed by atoms with E-state index in [4.69, 9.17) is 5.26 Å². The summed E-state index contributed by atoms with van der Waals surface area (Å²) in [6.45, 7) is 0. The molecule has 25 heavy (non-hydrogen) atoms. The van der Waals surface area contributed by atoms with Crippen LogP contribution in [-0.2, 0) is 0 Å². The van der Waals surface area contributed by atoms with Gasteiger partial charge in [0.2, 0.25) is 5.82 Å². The Kier molecular flexibility index (Phi) is 2.91. The van der Waals surface area contributed by atoms with Crippen molar-refractivity contribution >= 4 is 5.65 Å². The summed E-state index contributed by atoms with van der Waals surface area (Å²) in [7, 11) is 0. The summed E-state index contributed by atoms with van der Waals surface area (Å²) in [6.07, 6.45) is 6.05. The summed E-state index contributed by atoms with van der Waals surface area (Å²) >= 11 is 0. The van der Waals surface area contributed by atoms with E-state index in [1.807, 2.05) is 53.2 Å². The van der Waals surface area contributed by atoms with Crippen molar-refractivity contribution in [2.75, 3.05) is 0 Å². The third kappa shape index (κ3) is 2.35. The molecule has 0 unspecified atom stereocenters. The van der Waals surface area contributed by atoms with Crippen LogP contribution in [0.2, 0.25) is 0 Å². The maximum absolute atomic E-state index is 8.92. The standard InChI is InChI=1S/C18H13N7/c19-10-12-1-3-13(4-2-12)16-11-20-17-9-14(7-8-24(16)17)18-21-23-25(22-18)15-5-6-15/h1-4,7-9,11,15H,5-6H2. The average molecular weight is 327 g/mol. The molecule has 1 saturated carbocycles. The highest BCUT2D eigenvalue weighted by atomic mass is 15.6. The minimum absolute atomic E-state index is 0.416. The molecule has 1 aliphatic carbocycles. The molecule has 0 atom stereocenters. The third-order valence-electron chi connectivity index (χ3n) is 4.38. The molecule has 5 rings (SSSR count). The van der Waals surface area contributed by atoms with Crippen LogP contribution in [0.1, 0.15) is 24.4 Å². The van der Waals surface area contributed by atoms with Gasteiger partial charge >= 0.3 is 0 Å². The molecule has 7 heteroatoms. The van der Waals surface area contributed by atoms with Gasteiger partial charge in [0.1, 0.15) is 5.65 Å². The fourth-order valence-corrected chi connectivity index (χ4v) is 2.85. The van der Waals surface area contributed by atoms with E-state index < -0.39 is 0 Å². The van der Waals surface area contributed by atoms with E-state index in [-0.39, 0.29) is 0 Å². The Hall–Kier alpha value is -3.53. The topological polar surface area (TPSA) is 84.7 Å². The molecule has 1 aromatic carbocycles. The quantitative estimate of drug-likeness (QED) is 0.577. The second-order valence-corrected chi connectivity index (χ2v) is 6.14. The van der Waals surface area contributed by atoms with Crippen LogP contribution in [0.3, 0.4) is 0 Å². The lowest BCUT2D eigenvalue weighted by atomic mass is 10.1. The number of rotatable bonds is 3. The number of aromatic nitrogens is 6. The Bertz CT molecular complexity index is 1110. The van der Waals surface area contributed by atoms with Crippen molar-refractivity contribution in [1.82, 2.24) is 29.6 Å². The summed E-state index contributed by atoms with van der Waals surface area (Å²) in [4.78, 5) is 6.19. The van der Waals surface area contributed by atoms with Crippen LogP contribution in [0.5, 0.6) is 0 Å². The van der Waals surface area contributed by atoms with E-state index in [2.05, 4.69) is 26.5 Å². The molecule has 1 aliphatic rings. The van der Waals surface area contributed by atoms with Gasteiger partial charge in [-0.05, 0) is 42.3 Å². The molecule has 0 bridgehead atoms. The average Bonchev–Trinajstić information content (AvgIpc) is 3.24. The number of hydrogen-bond acceptors (Lipinski definition) is 5. The van der Waals surface area contributed by atoms with Crippen molar-refractivity contribution in [3.63, 3.8) is 0 Å². The van der Waals surface area contributed by atoms with Gasteiger partial charge in [-0.2, -0.15) is 10.1 Å². The molecule has 1 fully saturated rings. The molecule has 0 saturated heterocycles. The molecule has 3 heterocycles. The molecular weight excluding hydrogens is 314 g/mol. The van der Waals surface area contributed by atoms with E-state index in [1.165, 1.54) is 0 Å². The second-order valence-electron chi connectivity index (χ2n) is 6.14. The molecule has 0 aliphatic heterocycles. The number of tetrazole rings is 1. The van der Waals surface area contributed by atoms with Gasteiger partial charge in [0, 0.05) is 17.3 Å². The van der Waals surface area contributed by atoms with E-state index in [1.54, 1.807) is 4.80 Å². The number of nitriles is 1. The van der Waals surface area contributed by atoms with Crippen LogP contribution >= 0.6 is 0 Å².